The highest BCUT2D eigenvalue weighted by Gasteiger charge is 2.45. The standard InChI is InChI=1S/C30H37N7O5/c1-30(2,3)25(37-17-23(34-35-37)27(40)32-4)29(42)36-16-21(38)15-24(36)28(41)33-22(26(31)39)14-18-10-12-20(13-11-18)19-8-6-5-7-9-19/h5-13,17,21-22,24-25,38H,14-16H2,1-4H3,(H2,31,39)(H,32,40)(H,33,41)/t21-,22-,24+,25-/m1/s1. The molecule has 3 aromatic rings. The molecule has 0 unspecified atom stereocenters. The molecular formula is C30H37N7O5. The van der Waals surface area contributed by atoms with Crippen molar-refractivity contribution in [1.82, 2.24) is 30.5 Å². The summed E-state index contributed by atoms with van der Waals surface area (Å²) in [5.41, 5.74) is 7.86. The molecule has 1 saturated heterocycles. The number of β-amino-alcohol motifs (C(OH)–C–C–N with tert-alkyl or cyclic N) is 1. The van der Waals surface area contributed by atoms with Gasteiger partial charge in [-0.15, -0.1) is 5.10 Å². The fourth-order valence-electron chi connectivity index (χ4n) is 5.17. The lowest BCUT2D eigenvalue weighted by atomic mass is 9.85. The van der Waals surface area contributed by atoms with E-state index >= 15 is 0 Å². The molecule has 0 bridgehead atoms. The van der Waals surface area contributed by atoms with Gasteiger partial charge in [-0.1, -0.05) is 80.6 Å². The molecule has 0 radical (unpaired) electrons. The molecule has 0 saturated carbocycles. The van der Waals surface area contributed by atoms with E-state index in [1.54, 1.807) is 0 Å². The maximum atomic E-state index is 13.9. The van der Waals surface area contributed by atoms with Gasteiger partial charge in [0.15, 0.2) is 5.69 Å². The Bertz CT molecular complexity index is 1430. The minimum absolute atomic E-state index is 0.00740. The van der Waals surface area contributed by atoms with Crippen molar-refractivity contribution in [2.24, 2.45) is 11.1 Å². The summed E-state index contributed by atoms with van der Waals surface area (Å²) in [5.74, 6) is -2.24. The summed E-state index contributed by atoms with van der Waals surface area (Å²) in [6.45, 7) is 5.39. The molecule has 4 atom stereocenters. The van der Waals surface area contributed by atoms with Gasteiger partial charge in [-0.3, -0.25) is 19.2 Å². The number of carbonyl (C=O) groups excluding carboxylic acids is 4. The summed E-state index contributed by atoms with van der Waals surface area (Å²) in [4.78, 5) is 53.1. The van der Waals surface area contributed by atoms with Crippen LogP contribution in [0.2, 0.25) is 0 Å². The number of hydrogen-bond acceptors (Lipinski definition) is 7. The fourth-order valence-corrected chi connectivity index (χ4v) is 5.17. The van der Waals surface area contributed by atoms with Gasteiger partial charge in [-0.25, -0.2) is 4.68 Å². The first-order valence-corrected chi connectivity index (χ1v) is 13.8. The predicted octanol–water partition coefficient (Wildman–Crippen LogP) is 1.07. The number of nitrogens with one attached hydrogen (secondary N) is 2. The molecule has 1 aromatic heterocycles. The molecule has 12 nitrogen and oxygen atoms in total. The van der Waals surface area contributed by atoms with Crippen molar-refractivity contribution in [2.75, 3.05) is 13.6 Å². The third-order valence-electron chi connectivity index (χ3n) is 7.31. The summed E-state index contributed by atoms with van der Waals surface area (Å²) < 4.78 is 1.30. The largest absolute Gasteiger partial charge is 0.391 e. The number of likely N-dealkylation sites (tertiary alicyclic amines) is 1. The van der Waals surface area contributed by atoms with E-state index in [1.165, 1.54) is 22.8 Å². The maximum Gasteiger partial charge on any atom is 0.273 e. The SMILES string of the molecule is CNC(=O)c1cn([C@H](C(=O)N2C[C@H](O)C[C@H]2C(=O)N[C@H](Cc2ccc(-c3ccccc3)cc2)C(N)=O)C(C)(C)C)nn1. The number of nitrogens with zero attached hydrogens (tertiary/aromatic N) is 4. The normalized spacial score (nSPS) is 18.3. The molecule has 222 valence electrons. The van der Waals surface area contributed by atoms with Crippen molar-refractivity contribution in [3.8, 4) is 11.1 Å². The van der Waals surface area contributed by atoms with Gasteiger partial charge in [-0.2, -0.15) is 0 Å². The topological polar surface area (TPSA) is 173 Å². The minimum atomic E-state index is -1.04. The highest BCUT2D eigenvalue weighted by molar-refractivity contribution is 5.94. The number of nitrogens with two attached hydrogens (primary N) is 1. The van der Waals surface area contributed by atoms with Crippen molar-refractivity contribution in [1.29, 1.82) is 0 Å². The fraction of sp³-hybridized carbons (Fsp3) is 0.400. The summed E-state index contributed by atoms with van der Waals surface area (Å²) in [6.07, 6.45) is 0.582. The van der Waals surface area contributed by atoms with Crippen LogP contribution >= 0.6 is 0 Å². The third-order valence-corrected chi connectivity index (χ3v) is 7.31. The van der Waals surface area contributed by atoms with Gasteiger partial charge in [0, 0.05) is 26.4 Å². The molecule has 12 heteroatoms. The zero-order valence-electron chi connectivity index (χ0n) is 24.2. The van der Waals surface area contributed by atoms with Crippen LogP contribution in [0.3, 0.4) is 0 Å². The zero-order valence-corrected chi connectivity index (χ0v) is 24.2. The second kappa shape index (κ2) is 12.5. The average Bonchev–Trinajstić information content (AvgIpc) is 3.59. The molecule has 1 aliphatic rings. The van der Waals surface area contributed by atoms with Crippen molar-refractivity contribution >= 4 is 23.6 Å². The van der Waals surface area contributed by atoms with Gasteiger partial charge in [-0.05, 0) is 22.1 Å². The van der Waals surface area contributed by atoms with Crippen molar-refractivity contribution in [2.45, 2.75) is 57.8 Å². The monoisotopic (exact) mass is 575 g/mol. The van der Waals surface area contributed by atoms with E-state index < -0.39 is 53.3 Å². The van der Waals surface area contributed by atoms with Gasteiger partial charge in [0.2, 0.25) is 17.7 Å². The van der Waals surface area contributed by atoms with Crippen LogP contribution in [0.5, 0.6) is 0 Å². The molecule has 0 aliphatic carbocycles. The number of rotatable bonds is 9. The number of benzene rings is 2. The first kappa shape index (κ1) is 30.4. The second-order valence-electron chi connectivity index (χ2n) is 11.6. The first-order valence-electron chi connectivity index (χ1n) is 13.8. The van der Waals surface area contributed by atoms with Gasteiger partial charge < -0.3 is 26.4 Å². The molecule has 0 spiro atoms. The number of amides is 4. The van der Waals surface area contributed by atoms with Crippen LogP contribution in [0.4, 0.5) is 0 Å². The van der Waals surface area contributed by atoms with E-state index in [2.05, 4.69) is 20.9 Å². The Labute approximate surface area is 244 Å². The average molecular weight is 576 g/mol. The third kappa shape index (κ3) is 6.82. The van der Waals surface area contributed by atoms with E-state index in [-0.39, 0.29) is 25.1 Å². The van der Waals surface area contributed by atoms with Crippen molar-refractivity contribution < 1.29 is 24.3 Å². The van der Waals surface area contributed by atoms with Gasteiger partial charge in [0.05, 0.1) is 12.3 Å². The van der Waals surface area contributed by atoms with Gasteiger partial charge >= 0.3 is 0 Å². The maximum absolute atomic E-state index is 13.9. The molecular weight excluding hydrogens is 538 g/mol. The van der Waals surface area contributed by atoms with E-state index in [1.807, 2.05) is 75.4 Å². The van der Waals surface area contributed by atoms with Crippen LogP contribution in [0, 0.1) is 5.41 Å². The molecule has 5 N–H and O–H groups in total. The molecule has 4 amide bonds. The van der Waals surface area contributed by atoms with E-state index in [4.69, 9.17) is 5.73 Å². The van der Waals surface area contributed by atoms with Gasteiger partial charge in [0.25, 0.3) is 5.91 Å². The zero-order chi connectivity index (χ0) is 30.6. The minimum Gasteiger partial charge on any atom is -0.391 e. The predicted molar refractivity (Wildman–Crippen MR) is 155 cm³/mol. The molecule has 4 rings (SSSR count). The van der Waals surface area contributed by atoms with Gasteiger partial charge in [0.1, 0.15) is 18.1 Å². The number of hydrogen-bond donors (Lipinski definition) is 4. The Balaban J connectivity index is 1.51. The Morgan fingerprint density at radius 2 is 1.69 bits per heavy atom. The van der Waals surface area contributed by atoms with Crippen LogP contribution in [0.25, 0.3) is 11.1 Å². The second-order valence-corrected chi connectivity index (χ2v) is 11.6. The van der Waals surface area contributed by atoms with E-state index in [0.717, 1.165) is 16.7 Å². The molecule has 1 aliphatic heterocycles. The summed E-state index contributed by atoms with van der Waals surface area (Å²) >= 11 is 0. The molecule has 42 heavy (non-hydrogen) atoms. The number of aromatic nitrogens is 3. The van der Waals surface area contributed by atoms with Crippen LogP contribution in [-0.2, 0) is 20.8 Å². The Kier molecular flexibility index (Phi) is 9.05. The number of primary amides is 1. The van der Waals surface area contributed by atoms with E-state index in [0.29, 0.717) is 0 Å². The highest BCUT2D eigenvalue weighted by Crippen LogP contribution is 2.34. The molecule has 2 heterocycles. The lowest BCUT2D eigenvalue weighted by Gasteiger charge is -2.34. The molecule has 1 fully saturated rings. The lowest BCUT2D eigenvalue weighted by Crippen LogP contribution is -2.54. The Morgan fingerprint density at radius 3 is 2.29 bits per heavy atom. The molecule has 2 aromatic carbocycles. The van der Waals surface area contributed by atoms with Crippen LogP contribution in [0.1, 0.15) is 49.3 Å². The van der Waals surface area contributed by atoms with Crippen molar-refractivity contribution in [3.05, 3.63) is 72.1 Å². The van der Waals surface area contributed by atoms with Crippen LogP contribution in [-0.4, -0.2) is 80.4 Å². The van der Waals surface area contributed by atoms with Crippen LogP contribution in [0.15, 0.2) is 60.8 Å². The number of aliphatic hydroxyl groups excluding tert-OH is 1. The Hall–Kier alpha value is -4.58. The quantitative estimate of drug-likeness (QED) is 0.295. The Morgan fingerprint density at radius 1 is 1.05 bits per heavy atom. The summed E-state index contributed by atoms with van der Waals surface area (Å²) in [7, 11) is 1.46. The highest BCUT2D eigenvalue weighted by atomic mass is 16.3. The number of carbonyl (C=O) groups is 4. The van der Waals surface area contributed by atoms with E-state index in [9.17, 15) is 24.3 Å². The lowest BCUT2D eigenvalue weighted by molar-refractivity contribution is -0.144. The number of aliphatic hydroxyl groups is 1. The summed E-state index contributed by atoms with van der Waals surface area (Å²) in [6, 6.07) is 14.5. The van der Waals surface area contributed by atoms with Crippen LogP contribution < -0.4 is 16.4 Å². The smallest absolute Gasteiger partial charge is 0.273 e. The first-order chi connectivity index (χ1) is 19.9. The van der Waals surface area contributed by atoms with Crippen molar-refractivity contribution in [3.63, 3.8) is 0 Å². The summed E-state index contributed by atoms with van der Waals surface area (Å²) in [5, 5.41) is 23.5.